The summed E-state index contributed by atoms with van der Waals surface area (Å²) in [5.41, 5.74) is 7.45. The van der Waals surface area contributed by atoms with Crippen LogP contribution in [0.1, 0.15) is 53.3 Å². The molecule has 0 fully saturated rings. The van der Waals surface area contributed by atoms with Crippen molar-refractivity contribution in [3.63, 3.8) is 0 Å². The van der Waals surface area contributed by atoms with Gasteiger partial charge in [0.1, 0.15) is 23.6 Å². The van der Waals surface area contributed by atoms with Gasteiger partial charge in [-0.25, -0.2) is 0 Å². The van der Waals surface area contributed by atoms with E-state index in [-0.39, 0.29) is 12.2 Å². The average Bonchev–Trinajstić information content (AvgIpc) is 2.92. The summed E-state index contributed by atoms with van der Waals surface area (Å²) in [5, 5.41) is 3.57. The Morgan fingerprint density at radius 3 is 2.00 bits per heavy atom. The van der Waals surface area contributed by atoms with Crippen molar-refractivity contribution in [3.8, 4) is 5.75 Å². The van der Waals surface area contributed by atoms with Crippen molar-refractivity contribution in [2.45, 2.75) is 65.3 Å². The first-order chi connectivity index (χ1) is 18.4. The summed E-state index contributed by atoms with van der Waals surface area (Å²) < 4.78 is 19.8. The Morgan fingerprint density at radius 1 is 0.711 bits per heavy atom. The average molecular weight is 508 g/mol. The highest BCUT2D eigenvalue weighted by molar-refractivity contribution is 5.54. The fourth-order valence-electron chi connectivity index (χ4n) is 4.85. The van der Waals surface area contributed by atoms with Crippen molar-refractivity contribution < 1.29 is 14.2 Å². The maximum atomic E-state index is 6.65. The summed E-state index contributed by atoms with van der Waals surface area (Å²) in [6, 6.07) is 33.6. The summed E-state index contributed by atoms with van der Waals surface area (Å²) in [6.07, 6.45) is -0.590. The summed E-state index contributed by atoms with van der Waals surface area (Å²) >= 11 is 0. The molecule has 4 aromatic rings. The largest absolute Gasteiger partial charge is 0.485 e. The lowest BCUT2D eigenvalue weighted by atomic mass is 9.87. The molecule has 0 saturated heterocycles. The van der Waals surface area contributed by atoms with Crippen molar-refractivity contribution in [3.05, 3.63) is 130 Å². The minimum absolute atomic E-state index is 0.291. The molecule has 5 rings (SSSR count). The van der Waals surface area contributed by atoms with Crippen LogP contribution in [0.3, 0.4) is 0 Å². The van der Waals surface area contributed by atoms with E-state index in [0.717, 1.165) is 34.7 Å². The summed E-state index contributed by atoms with van der Waals surface area (Å²) in [4.78, 5) is 0. The molecule has 0 aliphatic carbocycles. The molecular weight excluding hydrogens is 470 g/mol. The molecule has 4 aromatic carbocycles. The van der Waals surface area contributed by atoms with Crippen LogP contribution in [0.2, 0.25) is 0 Å². The van der Waals surface area contributed by atoms with E-state index in [4.69, 9.17) is 14.2 Å². The Hall–Kier alpha value is -3.60. The minimum Gasteiger partial charge on any atom is -0.485 e. The van der Waals surface area contributed by atoms with Gasteiger partial charge in [0.15, 0.2) is 0 Å². The van der Waals surface area contributed by atoms with E-state index in [1.54, 1.807) is 0 Å². The molecule has 1 aliphatic rings. The SMILES string of the molecule is Cc1ccc(CNc2ccc3c(c2)C(OCc2ccccc2)C(OCc2ccc(C)cc2)C(C)(C)O3)cc1. The maximum absolute atomic E-state index is 6.65. The summed E-state index contributed by atoms with van der Waals surface area (Å²) in [6.45, 7) is 10.1. The molecule has 196 valence electrons. The fourth-order valence-corrected chi connectivity index (χ4v) is 4.85. The van der Waals surface area contributed by atoms with Crippen LogP contribution in [0.15, 0.2) is 97.1 Å². The van der Waals surface area contributed by atoms with Crippen LogP contribution >= 0.6 is 0 Å². The van der Waals surface area contributed by atoms with E-state index in [1.165, 1.54) is 16.7 Å². The number of fused-ring (bicyclic) bond motifs is 1. The molecular formula is C34H37NO3. The monoisotopic (exact) mass is 507 g/mol. The van der Waals surface area contributed by atoms with E-state index in [9.17, 15) is 0 Å². The molecule has 0 aromatic heterocycles. The highest BCUT2D eigenvalue weighted by Crippen LogP contribution is 2.45. The zero-order valence-electron chi connectivity index (χ0n) is 22.7. The van der Waals surface area contributed by atoms with Crippen molar-refractivity contribution in [1.82, 2.24) is 0 Å². The number of hydrogen-bond acceptors (Lipinski definition) is 4. The number of aryl methyl sites for hydroxylation is 2. The van der Waals surface area contributed by atoms with Crippen molar-refractivity contribution in [1.29, 1.82) is 0 Å². The van der Waals surface area contributed by atoms with E-state index < -0.39 is 5.60 Å². The highest BCUT2D eigenvalue weighted by atomic mass is 16.6. The van der Waals surface area contributed by atoms with Gasteiger partial charge < -0.3 is 19.5 Å². The predicted octanol–water partition coefficient (Wildman–Crippen LogP) is 7.93. The first kappa shape index (κ1) is 26.0. The third kappa shape index (κ3) is 6.27. The van der Waals surface area contributed by atoms with Gasteiger partial charge in [0.25, 0.3) is 0 Å². The Balaban J connectivity index is 1.41. The van der Waals surface area contributed by atoms with Crippen molar-refractivity contribution in [2.75, 3.05) is 5.32 Å². The van der Waals surface area contributed by atoms with E-state index in [1.807, 2.05) is 24.3 Å². The lowest BCUT2D eigenvalue weighted by Crippen LogP contribution is -2.50. The lowest BCUT2D eigenvalue weighted by Gasteiger charge is -2.44. The molecule has 1 N–H and O–H groups in total. The van der Waals surface area contributed by atoms with Crippen LogP contribution in [0.25, 0.3) is 0 Å². The van der Waals surface area contributed by atoms with Crippen LogP contribution in [0, 0.1) is 13.8 Å². The van der Waals surface area contributed by atoms with Crippen LogP contribution in [-0.2, 0) is 29.2 Å². The van der Waals surface area contributed by atoms with Gasteiger partial charge in [-0.1, -0.05) is 90.0 Å². The topological polar surface area (TPSA) is 39.7 Å². The van der Waals surface area contributed by atoms with Crippen molar-refractivity contribution in [2.24, 2.45) is 0 Å². The van der Waals surface area contributed by atoms with Crippen LogP contribution in [-0.4, -0.2) is 11.7 Å². The van der Waals surface area contributed by atoms with E-state index in [0.29, 0.717) is 13.2 Å². The maximum Gasteiger partial charge on any atom is 0.132 e. The Bertz CT molecular complexity index is 1330. The van der Waals surface area contributed by atoms with E-state index >= 15 is 0 Å². The zero-order chi connectivity index (χ0) is 26.5. The highest BCUT2D eigenvalue weighted by Gasteiger charge is 2.45. The molecule has 0 amide bonds. The lowest BCUT2D eigenvalue weighted by molar-refractivity contribution is -0.170. The van der Waals surface area contributed by atoms with Gasteiger partial charge in [0, 0.05) is 17.8 Å². The molecule has 0 radical (unpaired) electrons. The second-order valence-corrected chi connectivity index (χ2v) is 10.7. The first-order valence-corrected chi connectivity index (χ1v) is 13.3. The molecule has 0 spiro atoms. The van der Waals surface area contributed by atoms with Gasteiger partial charge in [0.05, 0.1) is 13.2 Å². The number of anilines is 1. The molecule has 0 saturated carbocycles. The van der Waals surface area contributed by atoms with Gasteiger partial charge in [-0.05, 0) is 62.6 Å². The molecule has 4 heteroatoms. The normalized spacial score (nSPS) is 17.9. The van der Waals surface area contributed by atoms with Crippen LogP contribution in [0.4, 0.5) is 5.69 Å². The van der Waals surface area contributed by atoms with E-state index in [2.05, 4.69) is 106 Å². The van der Waals surface area contributed by atoms with Crippen LogP contribution < -0.4 is 10.1 Å². The number of benzene rings is 4. The third-order valence-electron chi connectivity index (χ3n) is 7.09. The standard InChI is InChI=1S/C34H37NO3/c1-24-10-14-26(15-11-24)21-35-29-18-19-31-30(20-29)32(36-22-27-8-6-5-7-9-27)33(34(3,4)38-31)37-23-28-16-12-25(2)13-17-28/h5-20,32-33,35H,21-23H2,1-4H3. The number of ether oxygens (including phenoxy) is 3. The fraction of sp³-hybridized carbons (Fsp3) is 0.294. The van der Waals surface area contributed by atoms with Gasteiger partial charge in [-0.3, -0.25) is 0 Å². The third-order valence-corrected chi connectivity index (χ3v) is 7.09. The second-order valence-electron chi connectivity index (χ2n) is 10.7. The summed E-state index contributed by atoms with van der Waals surface area (Å²) in [5.74, 6) is 0.837. The molecule has 4 nitrogen and oxygen atoms in total. The Morgan fingerprint density at radius 2 is 1.32 bits per heavy atom. The number of rotatable bonds is 9. The molecule has 0 bridgehead atoms. The summed E-state index contributed by atoms with van der Waals surface area (Å²) in [7, 11) is 0. The van der Waals surface area contributed by atoms with Gasteiger partial charge in [-0.15, -0.1) is 0 Å². The quantitative estimate of drug-likeness (QED) is 0.250. The first-order valence-electron chi connectivity index (χ1n) is 13.3. The van der Waals surface area contributed by atoms with Crippen molar-refractivity contribution >= 4 is 5.69 Å². The Kier molecular flexibility index (Phi) is 7.82. The smallest absolute Gasteiger partial charge is 0.132 e. The van der Waals surface area contributed by atoms with Gasteiger partial charge in [0.2, 0.25) is 0 Å². The van der Waals surface area contributed by atoms with Gasteiger partial charge in [-0.2, -0.15) is 0 Å². The number of nitrogens with one attached hydrogen (secondary N) is 1. The Labute approximate surface area is 226 Å². The molecule has 1 aliphatic heterocycles. The van der Waals surface area contributed by atoms with Gasteiger partial charge >= 0.3 is 0 Å². The minimum atomic E-state index is -0.574. The molecule has 1 heterocycles. The van der Waals surface area contributed by atoms with Crippen LogP contribution in [0.5, 0.6) is 5.75 Å². The number of hydrogen-bond donors (Lipinski definition) is 1. The molecule has 38 heavy (non-hydrogen) atoms. The predicted molar refractivity (Wildman–Crippen MR) is 153 cm³/mol. The molecule has 2 unspecified atom stereocenters. The second kappa shape index (κ2) is 11.4. The zero-order valence-corrected chi connectivity index (χ0v) is 22.7. The molecule has 2 atom stereocenters.